The highest BCUT2D eigenvalue weighted by molar-refractivity contribution is 7.16. The summed E-state index contributed by atoms with van der Waals surface area (Å²) in [5.74, 6) is 0. The van der Waals surface area contributed by atoms with Crippen molar-refractivity contribution in [1.29, 1.82) is 5.26 Å². The van der Waals surface area contributed by atoms with Crippen LogP contribution in [-0.2, 0) is 0 Å². The standard InChI is InChI=1S/C8H11N3S/c1-8(2,3)11-7-10-5-6(4-9)12-7/h5H,1-3H3,(H,10,11). The van der Waals surface area contributed by atoms with Gasteiger partial charge >= 0.3 is 0 Å². The Bertz CT molecular complexity index is 303. The molecule has 0 spiro atoms. The predicted octanol–water partition coefficient (Wildman–Crippen LogP) is 2.23. The molecular weight excluding hydrogens is 170 g/mol. The fourth-order valence-corrected chi connectivity index (χ4v) is 1.53. The quantitative estimate of drug-likeness (QED) is 0.722. The molecule has 0 fully saturated rings. The van der Waals surface area contributed by atoms with Crippen LogP contribution in [0.2, 0.25) is 0 Å². The lowest BCUT2D eigenvalue weighted by molar-refractivity contribution is 0.633. The summed E-state index contributed by atoms with van der Waals surface area (Å²) < 4.78 is 0. The van der Waals surface area contributed by atoms with Gasteiger partial charge in [-0.1, -0.05) is 11.3 Å². The number of nitrogens with zero attached hydrogens (tertiary/aromatic N) is 2. The van der Waals surface area contributed by atoms with Gasteiger partial charge in [0.05, 0.1) is 6.20 Å². The van der Waals surface area contributed by atoms with Gasteiger partial charge in [0.2, 0.25) is 0 Å². The third-order valence-corrected chi connectivity index (χ3v) is 1.92. The van der Waals surface area contributed by atoms with Crippen LogP contribution < -0.4 is 5.32 Å². The summed E-state index contributed by atoms with van der Waals surface area (Å²) in [5, 5.41) is 12.5. The Balaban J connectivity index is 2.72. The number of rotatable bonds is 1. The van der Waals surface area contributed by atoms with Crippen molar-refractivity contribution in [2.24, 2.45) is 0 Å². The van der Waals surface area contributed by atoms with Crippen molar-refractivity contribution >= 4 is 16.5 Å². The van der Waals surface area contributed by atoms with E-state index < -0.39 is 0 Å². The molecule has 1 N–H and O–H groups in total. The maximum Gasteiger partial charge on any atom is 0.184 e. The molecule has 1 heterocycles. The van der Waals surface area contributed by atoms with E-state index in [0.29, 0.717) is 4.88 Å². The Morgan fingerprint density at radius 1 is 1.58 bits per heavy atom. The number of nitrogens with one attached hydrogen (secondary N) is 1. The van der Waals surface area contributed by atoms with Gasteiger partial charge in [-0.25, -0.2) is 4.98 Å². The minimum Gasteiger partial charge on any atom is -0.357 e. The third kappa shape index (κ3) is 2.51. The van der Waals surface area contributed by atoms with E-state index in [1.165, 1.54) is 11.3 Å². The van der Waals surface area contributed by atoms with Crippen LogP contribution in [0.4, 0.5) is 5.13 Å². The fourth-order valence-electron chi connectivity index (χ4n) is 0.704. The van der Waals surface area contributed by atoms with Gasteiger partial charge in [0, 0.05) is 5.54 Å². The van der Waals surface area contributed by atoms with Crippen LogP contribution in [0.3, 0.4) is 0 Å². The lowest BCUT2D eigenvalue weighted by atomic mass is 10.1. The molecule has 0 atom stereocenters. The normalized spacial score (nSPS) is 10.8. The van der Waals surface area contributed by atoms with Gasteiger partial charge in [-0.3, -0.25) is 0 Å². The summed E-state index contributed by atoms with van der Waals surface area (Å²) in [6, 6.07) is 2.05. The SMILES string of the molecule is CC(C)(C)Nc1ncc(C#N)s1. The van der Waals surface area contributed by atoms with E-state index in [2.05, 4.69) is 31.1 Å². The summed E-state index contributed by atoms with van der Waals surface area (Å²) in [6.45, 7) is 6.17. The molecule has 1 rings (SSSR count). The largest absolute Gasteiger partial charge is 0.357 e. The van der Waals surface area contributed by atoms with Gasteiger partial charge in [0.25, 0.3) is 0 Å². The summed E-state index contributed by atoms with van der Waals surface area (Å²) in [6.07, 6.45) is 1.58. The highest BCUT2D eigenvalue weighted by Crippen LogP contribution is 2.20. The molecule has 0 radical (unpaired) electrons. The number of hydrogen-bond acceptors (Lipinski definition) is 4. The molecule has 12 heavy (non-hydrogen) atoms. The molecule has 0 saturated carbocycles. The van der Waals surface area contributed by atoms with Crippen LogP contribution in [0.1, 0.15) is 25.6 Å². The van der Waals surface area contributed by atoms with E-state index in [1.807, 2.05) is 6.07 Å². The van der Waals surface area contributed by atoms with Gasteiger partial charge in [-0.15, -0.1) is 0 Å². The highest BCUT2D eigenvalue weighted by Gasteiger charge is 2.11. The van der Waals surface area contributed by atoms with Crippen molar-refractivity contribution in [2.75, 3.05) is 5.32 Å². The zero-order valence-electron chi connectivity index (χ0n) is 7.38. The maximum absolute atomic E-state index is 8.54. The van der Waals surface area contributed by atoms with Crippen molar-refractivity contribution in [3.8, 4) is 6.07 Å². The molecule has 1 aromatic rings. The summed E-state index contributed by atoms with van der Waals surface area (Å²) in [5.41, 5.74) is 0.00454. The first-order valence-electron chi connectivity index (χ1n) is 3.65. The van der Waals surface area contributed by atoms with Crippen LogP contribution in [0.15, 0.2) is 6.20 Å². The summed E-state index contributed by atoms with van der Waals surface area (Å²) in [4.78, 5) is 4.70. The Morgan fingerprint density at radius 2 is 2.25 bits per heavy atom. The Kier molecular flexibility index (Phi) is 2.34. The van der Waals surface area contributed by atoms with Gasteiger partial charge in [-0.05, 0) is 20.8 Å². The Hall–Kier alpha value is -1.08. The lowest BCUT2D eigenvalue weighted by Gasteiger charge is -2.19. The van der Waals surface area contributed by atoms with Gasteiger partial charge in [0.1, 0.15) is 10.9 Å². The van der Waals surface area contributed by atoms with E-state index >= 15 is 0 Å². The second-order valence-corrected chi connectivity index (χ2v) is 4.55. The topological polar surface area (TPSA) is 48.7 Å². The number of hydrogen-bond donors (Lipinski definition) is 1. The number of aromatic nitrogens is 1. The molecule has 0 aliphatic carbocycles. The molecule has 3 nitrogen and oxygen atoms in total. The average molecular weight is 181 g/mol. The molecule has 0 saturated heterocycles. The lowest BCUT2D eigenvalue weighted by Crippen LogP contribution is -2.25. The minimum atomic E-state index is 0.00454. The molecule has 0 aliphatic rings. The zero-order valence-corrected chi connectivity index (χ0v) is 8.20. The third-order valence-electron chi connectivity index (χ3n) is 1.10. The first kappa shape index (κ1) is 9.01. The zero-order chi connectivity index (χ0) is 9.19. The predicted molar refractivity (Wildman–Crippen MR) is 50.2 cm³/mol. The molecular formula is C8H11N3S. The fraction of sp³-hybridized carbons (Fsp3) is 0.500. The maximum atomic E-state index is 8.54. The van der Waals surface area contributed by atoms with Crippen LogP contribution >= 0.6 is 11.3 Å². The molecule has 0 bridgehead atoms. The number of nitriles is 1. The first-order valence-corrected chi connectivity index (χ1v) is 4.47. The second-order valence-electron chi connectivity index (χ2n) is 3.52. The van der Waals surface area contributed by atoms with Gasteiger partial charge in [0.15, 0.2) is 5.13 Å². The molecule has 0 aliphatic heterocycles. The minimum absolute atomic E-state index is 0.00454. The molecule has 0 amide bonds. The van der Waals surface area contributed by atoms with E-state index in [-0.39, 0.29) is 5.54 Å². The highest BCUT2D eigenvalue weighted by atomic mass is 32.1. The van der Waals surface area contributed by atoms with Crippen molar-refractivity contribution in [3.05, 3.63) is 11.1 Å². The molecule has 0 unspecified atom stereocenters. The van der Waals surface area contributed by atoms with E-state index in [1.54, 1.807) is 6.20 Å². The first-order chi connectivity index (χ1) is 5.51. The average Bonchev–Trinajstić information content (AvgIpc) is 2.32. The van der Waals surface area contributed by atoms with Crippen LogP contribution in [-0.4, -0.2) is 10.5 Å². The monoisotopic (exact) mass is 181 g/mol. The smallest absolute Gasteiger partial charge is 0.184 e. The summed E-state index contributed by atoms with van der Waals surface area (Å²) >= 11 is 1.38. The van der Waals surface area contributed by atoms with E-state index in [9.17, 15) is 0 Å². The molecule has 64 valence electrons. The molecule has 1 aromatic heterocycles. The Labute approximate surface area is 76.1 Å². The second kappa shape index (κ2) is 3.11. The van der Waals surface area contributed by atoms with E-state index in [0.717, 1.165) is 5.13 Å². The number of anilines is 1. The molecule has 0 aromatic carbocycles. The van der Waals surface area contributed by atoms with Crippen LogP contribution in [0.25, 0.3) is 0 Å². The molecule has 4 heteroatoms. The number of thiazole rings is 1. The Morgan fingerprint density at radius 3 is 2.67 bits per heavy atom. The van der Waals surface area contributed by atoms with Gasteiger partial charge in [-0.2, -0.15) is 5.26 Å². The van der Waals surface area contributed by atoms with Crippen molar-refractivity contribution < 1.29 is 0 Å². The van der Waals surface area contributed by atoms with Crippen molar-refractivity contribution in [1.82, 2.24) is 4.98 Å². The van der Waals surface area contributed by atoms with Gasteiger partial charge < -0.3 is 5.32 Å². The summed E-state index contributed by atoms with van der Waals surface area (Å²) in [7, 11) is 0. The van der Waals surface area contributed by atoms with Crippen molar-refractivity contribution in [3.63, 3.8) is 0 Å². The van der Waals surface area contributed by atoms with Crippen LogP contribution in [0.5, 0.6) is 0 Å². The van der Waals surface area contributed by atoms with Crippen molar-refractivity contribution in [2.45, 2.75) is 26.3 Å². The van der Waals surface area contributed by atoms with E-state index in [4.69, 9.17) is 5.26 Å². The van der Waals surface area contributed by atoms with Crippen LogP contribution in [0, 0.1) is 11.3 Å².